The van der Waals surface area contributed by atoms with Gasteiger partial charge < -0.3 is 5.32 Å². The van der Waals surface area contributed by atoms with Gasteiger partial charge in [-0.1, -0.05) is 0 Å². The Morgan fingerprint density at radius 3 is 2.95 bits per heavy atom. The Morgan fingerprint density at radius 1 is 1.15 bits per heavy atom. The number of aromatic amines is 2. The van der Waals surface area contributed by atoms with Crippen molar-refractivity contribution in [3.8, 4) is 11.3 Å². The average molecular weight is 269 g/mol. The van der Waals surface area contributed by atoms with Crippen LogP contribution in [-0.4, -0.2) is 36.9 Å². The van der Waals surface area contributed by atoms with Crippen LogP contribution >= 0.6 is 0 Å². The lowest BCUT2D eigenvalue weighted by molar-refractivity contribution is 0.672. The van der Waals surface area contributed by atoms with Gasteiger partial charge in [0, 0.05) is 43.0 Å². The summed E-state index contributed by atoms with van der Waals surface area (Å²) in [6.45, 7) is 1.57. The van der Waals surface area contributed by atoms with Crippen molar-refractivity contribution in [2.75, 3.05) is 6.54 Å². The fourth-order valence-corrected chi connectivity index (χ4v) is 1.99. The second-order valence-electron chi connectivity index (χ2n) is 4.37. The number of hydrogen-bond acceptors (Lipinski definition) is 5. The summed E-state index contributed by atoms with van der Waals surface area (Å²) in [4.78, 5) is 8.21. The van der Waals surface area contributed by atoms with Gasteiger partial charge in [-0.05, 0) is 12.1 Å². The van der Waals surface area contributed by atoms with E-state index >= 15 is 0 Å². The maximum atomic E-state index is 4.12. The Kier molecular flexibility index (Phi) is 3.79. The van der Waals surface area contributed by atoms with Crippen molar-refractivity contribution in [2.24, 2.45) is 0 Å². The molecule has 0 aliphatic carbocycles. The molecule has 7 nitrogen and oxygen atoms in total. The van der Waals surface area contributed by atoms with E-state index in [1.165, 1.54) is 6.33 Å². The molecule has 3 N–H and O–H groups in total. The molecular formula is C13H15N7. The van der Waals surface area contributed by atoms with Crippen molar-refractivity contribution >= 4 is 0 Å². The van der Waals surface area contributed by atoms with Crippen LogP contribution in [0.25, 0.3) is 11.3 Å². The van der Waals surface area contributed by atoms with Crippen molar-refractivity contribution in [1.29, 1.82) is 0 Å². The second-order valence-corrected chi connectivity index (χ2v) is 4.37. The van der Waals surface area contributed by atoms with E-state index in [0.29, 0.717) is 0 Å². The van der Waals surface area contributed by atoms with E-state index in [9.17, 15) is 0 Å². The van der Waals surface area contributed by atoms with Gasteiger partial charge in [-0.2, -0.15) is 10.2 Å². The van der Waals surface area contributed by atoms with Crippen molar-refractivity contribution in [3.05, 3.63) is 48.4 Å². The van der Waals surface area contributed by atoms with Gasteiger partial charge >= 0.3 is 0 Å². The van der Waals surface area contributed by atoms with Crippen LogP contribution < -0.4 is 5.32 Å². The molecule has 3 heterocycles. The van der Waals surface area contributed by atoms with E-state index < -0.39 is 0 Å². The van der Waals surface area contributed by atoms with Gasteiger partial charge in [0.2, 0.25) is 0 Å². The lowest BCUT2D eigenvalue weighted by Crippen LogP contribution is -2.17. The van der Waals surface area contributed by atoms with Gasteiger partial charge in [0.05, 0.1) is 11.9 Å². The van der Waals surface area contributed by atoms with Crippen LogP contribution in [0.15, 0.2) is 37.1 Å². The quantitative estimate of drug-likeness (QED) is 0.578. The highest BCUT2D eigenvalue weighted by molar-refractivity contribution is 5.61. The molecule has 0 bridgehead atoms. The topological polar surface area (TPSA) is 95.2 Å². The van der Waals surface area contributed by atoms with E-state index in [1.807, 2.05) is 24.5 Å². The van der Waals surface area contributed by atoms with Crippen LogP contribution in [0.2, 0.25) is 0 Å². The van der Waals surface area contributed by atoms with E-state index in [2.05, 4.69) is 35.7 Å². The highest BCUT2D eigenvalue weighted by atomic mass is 15.2. The maximum Gasteiger partial charge on any atom is 0.137 e. The first-order valence-corrected chi connectivity index (χ1v) is 6.41. The molecule has 7 heteroatoms. The van der Waals surface area contributed by atoms with Gasteiger partial charge in [0.25, 0.3) is 0 Å². The highest BCUT2D eigenvalue weighted by Gasteiger charge is 2.07. The zero-order valence-corrected chi connectivity index (χ0v) is 10.9. The smallest absolute Gasteiger partial charge is 0.137 e. The Morgan fingerprint density at radius 2 is 2.15 bits per heavy atom. The SMILES string of the molecule is c1cncc(-c2[nH]ncc2CNCCc2ncn[nH]2)c1. The molecule has 0 aromatic carbocycles. The van der Waals surface area contributed by atoms with E-state index in [0.717, 1.165) is 42.2 Å². The molecule has 0 spiro atoms. The number of aromatic nitrogens is 6. The summed E-state index contributed by atoms with van der Waals surface area (Å²) in [7, 11) is 0. The fourth-order valence-electron chi connectivity index (χ4n) is 1.99. The summed E-state index contributed by atoms with van der Waals surface area (Å²) >= 11 is 0. The van der Waals surface area contributed by atoms with Crippen molar-refractivity contribution in [2.45, 2.75) is 13.0 Å². The summed E-state index contributed by atoms with van der Waals surface area (Å²) in [5.74, 6) is 0.886. The molecule has 0 fully saturated rings. The summed E-state index contributed by atoms with van der Waals surface area (Å²) in [5.41, 5.74) is 3.16. The van der Waals surface area contributed by atoms with E-state index in [4.69, 9.17) is 0 Å². The minimum Gasteiger partial charge on any atom is -0.312 e. The molecule has 102 valence electrons. The number of rotatable bonds is 6. The Balaban J connectivity index is 1.57. The van der Waals surface area contributed by atoms with Gasteiger partial charge in [0.1, 0.15) is 12.2 Å². The molecule has 0 aliphatic heterocycles. The Hall–Kier alpha value is -2.54. The van der Waals surface area contributed by atoms with Gasteiger partial charge in [-0.25, -0.2) is 4.98 Å². The van der Waals surface area contributed by atoms with Gasteiger partial charge in [-0.15, -0.1) is 0 Å². The van der Waals surface area contributed by atoms with Gasteiger partial charge in [0.15, 0.2) is 0 Å². The van der Waals surface area contributed by atoms with Crippen LogP contribution in [0.1, 0.15) is 11.4 Å². The lowest BCUT2D eigenvalue weighted by atomic mass is 10.1. The van der Waals surface area contributed by atoms with Crippen LogP contribution in [0.3, 0.4) is 0 Å². The first-order chi connectivity index (χ1) is 9.93. The number of nitrogens with one attached hydrogen (secondary N) is 3. The monoisotopic (exact) mass is 269 g/mol. The Bertz CT molecular complexity index is 630. The zero-order chi connectivity index (χ0) is 13.6. The van der Waals surface area contributed by atoms with Gasteiger partial charge in [-0.3, -0.25) is 15.2 Å². The summed E-state index contributed by atoms with van der Waals surface area (Å²) in [6, 6.07) is 3.93. The fraction of sp³-hybridized carbons (Fsp3) is 0.231. The van der Waals surface area contributed by atoms with Crippen molar-refractivity contribution in [1.82, 2.24) is 35.7 Å². The molecule has 0 radical (unpaired) electrons. The summed E-state index contributed by atoms with van der Waals surface area (Å²) < 4.78 is 0. The molecule has 3 aromatic rings. The molecule has 0 atom stereocenters. The minimum absolute atomic E-state index is 0.745. The molecule has 3 rings (SSSR count). The van der Waals surface area contributed by atoms with Crippen molar-refractivity contribution < 1.29 is 0 Å². The zero-order valence-electron chi connectivity index (χ0n) is 10.9. The molecule has 0 saturated heterocycles. The molecule has 0 unspecified atom stereocenters. The third-order valence-electron chi connectivity index (χ3n) is 2.99. The number of hydrogen-bond donors (Lipinski definition) is 3. The molecule has 0 saturated carbocycles. The van der Waals surface area contributed by atoms with Crippen molar-refractivity contribution in [3.63, 3.8) is 0 Å². The summed E-state index contributed by atoms with van der Waals surface area (Å²) in [5, 5.41) is 17.2. The predicted molar refractivity (Wildman–Crippen MR) is 73.6 cm³/mol. The second kappa shape index (κ2) is 6.07. The standard InChI is InChI=1S/C13H15N7/c1-2-10(6-14-4-1)13-11(8-17-20-13)7-15-5-3-12-16-9-18-19-12/h1-2,4,6,8-9,15H,3,5,7H2,(H,17,20)(H,16,18,19). The average Bonchev–Trinajstić information content (AvgIpc) is 3.16. The number of H-pyrrole nitrogens is 2. The van der Waals surface area contributed by atoms with E-state index in [-0.39, 0.29) is 0 Å². The number of pyridine rings is 1. The Labute approximate surface area is 115 Å². The lowest BCUT2D eigenvalue weighted by Gasteiger charge is -2.04. The summed E-state index contributed by atoms with van der Waals surface area (Å²) in [6.07, 6.45) is 7.76. The molecule has 0 aliphatic rings. The van der Waals surface area contributed by atoms with Crippen LogP contribution in [-0.2, 0) is 13.0 Å². The normalized spacial score (nSPS) is 10.8. The minimum atomic E-state index is 0.745. The predicted octanol–water partition coefficient (Wildman–Crippen LogP) is 0.922. The third-order valence-corrected chi connectivity index (χ3v) is 2.99. The largest absolute Gasteiger partial charge is 0.312 e. The number of nitrogens with zero attached hydrogens (tertiary/aromatic N) is 4. The molecular weight excluding hydrogens is 254 g/mol. The first kappa shape index (κ1) is 12.5. The molecule has 3 aromatic heterocycles. The highest BCUT2D eigenvalue weighted by Crippen LogP contribution is 2.19. The van der Waals surface area contributed by atoms with Crippen LogP contribution in [0.5, 0.6) is 0 Å². The van der Waals surface area contributed by atoms with Crippen LogP contribution in [0.4, 0.5) is 0 Å². The maximum absolute atomic E-state index is 4.12. The van der Waals surface area contributed by atoms with E-state index in [1.54, 1.807) is 6.20 Å². The molecule has 20 heavy (non-hydrogen) atoms. The third kappa shape index (κ3) is 2.89. The molecule has 0 amide bonds. The van der Waals surface area contributed by atoms with Crippen LogP contribution in [0, 0.1) is 0 Å². The first-order valence-electron chi connectivity index (χ1n) is 6.41.